The van der Waals surface area contributed by atoms with Gasteiger partial charge in [-0.3, -0.25) is 4.57 Å². The van der Waals surface area contributed by atoms with Gasteiger partial charge >= 0.3 is 7.60 Å². The minimum atomic E-state index is -3.71. The van der Waals surface area contributed by atoms with Gasteiger partial charge in [0, 0.05) is 0 Å². The second-order valence-electron chi connectivity index (χ2n) is 5.33. The van der Waals surface area contributed by atoms with Crippen molar-refractivity contribution < 1.29 is 38.8 Å². The molecule has 3 rings (SSSR count). The number of ether oxygens (including phenoxy) is 2. The molecule has 19 heavy (non-hydrogen) atoms. The molecule has 3 aliphatic rings. The summed E-state index contributed by atoms with van der Waals surface area (Å²) in [7, 11) is -3.71. The van der Waals surface area contributed by atoms with Crippen molar-refractivity contribution in [2.45, 2.75) is 48.7 Å². The third-order valence-electron chi connectivity index (χ3n) is 4.10. The summed E-state index contributed by atoms with van der Waals surface area (Å²) in [5, 5.41) is 29.5. The van der Waals surface area contributed by atoms with E-state index in [9.17, 15) is 24.8 Å². The van der Waals surface area contributed by atoms with Crippen molar-refractivity contribution in [3.8, 4) is 0 Å². The number of fused-ring (bicyclic) bond motifs is 2. The maximum atomic E-state index is 11.8. The van der Waals surface area contributed by atoms with Crippen molar-refractivity contribution in [3.63, 3.8) is 0 Å². The molecule has 8 nitrogen and oxygen atoms in total. The molecular weight excluding hydrogens is 279 g/mol. The highest BCUT2D eigenvalue weighted by atomic mass is 31.2. The van der Waals surface area contributed by atoms with Crippen LogP contribution in [0.1, 0.15) is 12.8 Å². The van der Waals surface area contributed by atoms with E-state index in [1.54, 1.807) is 0 Å². The number of aliphatic hydroxyl groups excluding tert-OH is 3. The van der Waals surface area contributed by atoms with Gasteiger partial charge in [0.05, 0.1) is 18.9 Å². The fourth-order valence-corrected chi connectivity index (χ4v) is 4.49. The molecule has 4 N–H and O–H groups in total. The van der Waals surface area contributed by atoms with Crippen LogP contribution in [0.15, 0.2) is 0 Å². The lowest BCUT2D eigenvalue weighted by molar-refractivity contribution is -0.260. The molecule has 9 heteroatoms. The first kappa shape index (κ1) is 13.9. The van der Waals surface area contributed by atoms with Gasteiger partial charge in [-0.2, -0.15) is 0 Å². The molecule has 3 heterocycles. The summed E-state index contributed by atoms with van der Waals surface area (Å²) >= 11 is 0. The van der Waals surface area contributed by atoms with E-state index >= 15 is 0 Å². The first-order chi connectivity index (χ1) is 8.86. The van der Waals surface area contributed by atoms with Crippen molar-refractivity contribution in [1.29, 1.82) is 0 Å². The van der Waals surface area contributed by atoms with Gasteiger partial charge in [-0.15, -0.1) is 0 Å². The Morgan fingerprint density at radius 1 is 1.26 bits per heavy atom. The predicted molar refractivity (Wildman–Crippen MR) is 60.4 cm³/mol. The average Bonchev–Trinajstić information content (AvgIpc) is 2.90. The molecule has 110 valence electrons. The quantitative estimate of drug-likeness (QED) is 0.456. The minimum Gasteiger partial charge on any atom is -0.387 e. The summed E-state index contributed by atoms with van der Waals surface area (Å²) in [4.78, 5) is 9.66. The van der Waals surface area contributed by atoms with Crippen LogP contribution in [0.4, 0.5) is 0 Å². The van der Waals surface area contributed by atoms with Crippen LogP contribution in [0.2, 0.25) is 0 Å². The van der Waals surface area contributed by atoms with Crippen LogP contribution < -0.4 is 0 Å². The number of hydrogen-bond donors (Lipinski definition) is 4. The Hall–Kier alpha value is -0.0500. The number of aliphatic hydroxyl groups is 3. The average molecular weight is 296 g/mol. The van der Waals surface area contributed by atoms with E-state index in [1.807, 2.05) is 0 Å². The third-order valence-corrected chi connectivity index (χ3v) is 6.02. The zero-order chi connectivity index (χ0) is 13.8. The lowest BCUT2D eigenvalue weighted by Gasteiger charge is -2.42. The molecule has 2 unspecified atom stereocenters. The third kappa shape index (κ3) is 2.07. The van der Waals surface area contributed by atoms with E-state index in [0.29, 0.717) is 6.42 Å². The lowest BCUT2D eigenvalue weighted by Crippen LogP contribution is -2.61. The van der Waals surface area contributed by atoms with E-state index < -0.39 is 43.5 Å². The fraction of sp³-hybridized carbons (Fsp3) is 1.00. The Kier molecular flexibility index (Phi) is 3.28. The summed E-state index contributed by atoms with van der Waals surface area (Å²) in [6, 6.07) is 0. The van der Waals surface area contributed by atoms with Crippen LogP contribution in [0, 0.1) is 0 Å². The summed E-state index contributed by atoms with van der Waals surface area (Å²) in [6.45, 7) is 0.142. The van der Waals surface area contributed by atoms with Gasteiger partial charge in [0.25, 0.3) is 0 Å². The van der Waals surface area contributed by atoms with Crippen molar-refractivity contribution in [1.82, 2.24) is 0 Å². The highest BCUT2D eigenvalue weighted by Crippen LogP contribution is 2.57. The molecule has 0 saturated carbocycles. The van der Waals surface area contributed by atoms with Crippen LogP contribution in [-0.4, -0.2) is 69.3 Å². The van der Waals surface area contributed by atoms with Crippen LogP contribution in [0.5, 0.6) is 0 Å². The molecule has 3 aliphatic heterocycles. The molecule has 0 aliphatic carbocycles. The Bertz CT molecular complexity index is 416. The Morgan fingerprint density at radius 3 is 2.63 bits per heavy atom. The Morgan fingerprint density at radius 2 is 2.00 bits per heavy atom. The zero-order valence-electron chi connectivity index (χ0n) is 10.1. The highest BCUT2D eigenvalue weighted by Gasteiger charge is 2.60. The van der Waals surface area contributed by atoms with E-state index in [1.165, 1.54) is 0 Å². The molecule has 0 aromatic heterocycles. The van der Waals surface area contributed by atoms with Gasteiger partial charge < -0.3 is 34.2 Å². The van der Waals surface area contributed by atoms with Crippen molar-refractivity contribution in [2.24, 2.45) is 0 Å². The molecule has 0 aromatic carbocycles. The maximum Gasteiger partial charge on any atom is 0.331 e. The van der Waals surface area contributed by atoms with Gasteiger partial charge in [-0.1, -0.05) is 0 Å². The number of hydrogen-bond acceptors (Lipinski definition) is 7. The largest absolute Gasteiger partial charge is 0.387 e. The van der Waals surface area contributed by atoms with Crippen LogP contribution in [0.3, 0.4) is 0 Å². The van der Waals surface area contributed by atoms with Crippen molar-refractivity contribution in [3.05, 3.63) is 0 Å². The molecule has 3 fully saturated rings. The monoisotopic (exact) mass is 296 g/mol. The summed E-state index contributed by atoms with van der Waals surface area (Å²) in [6.07, 6.45) is -4.69. The first-order valence-electron chi connectivity index (χ1n) is 6.16. The Balaban J connectivity index is 1.82. The van der Waals surface area contributed by atoms with E-state index in [-0.39, 0.29) is 19.6 Å². The normalized spacial score (nSPS) is 57.6. The second kappa shape index (κ2) is 4.47. The molecular formula is C10H17O8P. The predicted octanol–water partition coefficient (Wildman–Crippen LogP) is -1.44. The summed E-state index contributed by atoms with van der Waals surface area (Å²) in [5.41, 5.74) is -1.92. The van der Waals surface area contributed by atoms with Crippen molar-refractivity contribution in [2.75, 3.05) is 13.2 Å². The number of rotatable bonds is 2. The zero-order valence-corrected chi connectivity index (χ0v) is 11.0. The van der Waals surface area contributed by atoms with Gasteiger partial charge in [0.15, 0.2) is 6.29 Å². The minimum absolute atomic E-state index is 0.0382. The molecule has 0 spiro atoms. The smallest absolute Gasteiger partial charge is 0.331 e. The summed E-state index contributed by atoms with van der Waals surface area (Å²) < 4.78 is 27.3. The van der Waals surface area contributed by atoms with E-state index in [2.05, 4.69) is 0 Å². The fourth-order valence-electron chi connectivity index (χ4n) is 2.94. The highest BCUT2D eigenvalue weighted by molar-refractivity contribution is 7.53. The lowest BCUT2D eigenvalue weighted by atomic mass is 9.84. The topological polar surface area (TPSA) is 126 Å². The first-order valence-corrected chi connectivity index (χ1v) is 7.81. The molecule has 2 bridgehead atoms. The Labute approximate surface area is 109 Å². The molecule has 0 aromatic rings. The molecule has 7 atom stereocenters. The van der Waals surface area contributed by atoms with Crippen LogP contribution in [0.25, 0.3) is 0 Å². The molecule has 0 radical (unpaired) electrons. The second-order valence-corrected chi connectivity index (χ2v) is 7.45. The standard InChI is InChI=1S/C10H17O8P/c11-6-7(12)9-16-4-10(18-9,8(6)13)3-5-1-2-17-19(5,14)15/h5-9,11-13H,1-4H2,(H,14,15)/t5?,6-,7+,8+,9+,10+/m1/s1. The van der Waals surface area contributed by atoms with E-state index in [4.69, 9.17) is 14.0 Å². The van der Waals surface area contributed by atoms with Gasteiger partial charge in [-0.25, -0.2) is 0 Å². The van der Waals surface area contributed by atoms with E-state index in [0.717, 1.165) is 0 Å². The summed E-state index contributed by atoms with van der Waals surface area (Å²) in [5.74, 6) is 0. The van der Waals surface area contributed by atoms with Crippen molar-refractivity contribution >= 4 is 7.60 Å². The van der Waals surface area contributed by atoms with Gasteiger partial charge in [0.1, 0.15) is 23.9 Å². The molecule has 3 saturated heterocycles. The van der Waals surface area contributed by atoms with Crippen LogP contribution in [-0.2, 0) is 18.6 Å². The maximum absolute atomic E-state index is 11.8. The van der Waals surface area contributed by atoms with Crippen LogP contribution >= 0.6 is 7.60 Å². The van der Waals surface area contributed by atoms with Gasteiger partial charge in [0.2, 0.25) is 0 Å². The van der Waals surface area contributed by atoms with Gasteiger partial charge in [-0.05, 0) is 12.8 Å². The molecule has 0 amide bonds. The SMILES string of the molecule is O=P1(O)OCCC1C[C@@]12CO[C@@H](O1)[C@@H](O)[C@@H](O)[C@@H]2O.